The van der Waals surface area contributed by atoms with Gasteiger partial charge in [0, 0.05) is 23.1 Å². The molecule has 17 heavy (non-hydrogen) atoms. The first-order valence-electron chi connectivity index (χ1n) is 4.76. The molecular formula is C11H10Cl2F3N. The molecule has 0 unspecified atom stereocenters. The van der Waals surface area contributed by atoms with Crippen LogP contribution < -0.4 is 5.32 Å². The summed E-state index contributed by atoms with van der Waals surface area (Å²) >= 11 is 10.9. The van der Waals surface area contributed by atoms with Crippen molar-refractivity contribution in [2.24, 2.45) is 0 Å². The summed E-state index contributed by atoms with van der Waals surface area (Å²) in [6.45, 7) is 0.275. The molecule has 6 heteroatoms. The maximum Gasteiger partial charge on any atom is 0.418 e. The molecule has 0 radical (unpaired) electrons. The van der Waals surface area contributed by atoms with Gasteiger partial charge >= 0.3 is 6.18 Å². The average Bonchev–Trinajstić information content (AvgIpc) is 2.25. The number of anilines is 1. The molecule has 1 N–H and O–H groups in total. The highest BCUT2D eigenvalue weighted by molar-refractivity contribution is 6.30. The van der Waals surface area contributed by atoms with Gasteiger partial charge in [0.05, 0.1) is 5.56 Å². The molecule has 0 aliphatic heterocycles. The van der Waals surface area contributed by atoms with Crippen LogP contribution >= 0.6 is 23.2 Å². The van der Waals surface area contributed by atoms with Crippen LogP contribution in [0.25, 0.3) is 0 Å². The Hall–Kier alpha value is -0.870. The first-order valence-corrected chi connectivity index (χ1v) is 5.68. The molecular weight excluding hydrogens is 274 g/mol. The molecule has 0 fully saturated rings. The standard InChI is InChI=1S/C11H10Cl2F3N/c12-5-1-2-6-17-10-4-3-8(13)7-9(10)11(14,15)16/h1-4,7,17H,5-6H2/b2-1+. The summed E-state index contributed by atoms with van der Waals surface area (Å²) in [6.07, 6.45) is -1.12. The van der Waals surface area contributed by atoms with E-state index in [1.165, 1.54) is 12.1 Å². The van der Waals surface area contributed by atoms with E-state index in [1.54, 1.807) is 12.2 Å². The van der Waals surface area contributed by atoms with Crippen LogP contribution in [0.5, 0.6) is 0 Å². The summed E-state index contributed by atoms with van der Waals surface area (Å²) in [7, 11) is 0. The van der Waals surface area contributed by atoms with Crippen LogP contribution in [0.4, 0.5) is 18.9 Å². The number of benzene rings is 1. The van der Waals surface area contributed by atoms with E-state index in [0.29, 0.717) is 5.88 Å². The lowest BCUT2D eigenvalue weighted by Crippen LogP contribution is -2.10. The molecule has 0 atom stereocenters. The van der Waals surface area contributed by atoms with Crippen LogP contribution in [0, 0.1) is 0 Å². The molecule has 0 amide bonds. The predicted octanol–water partition coefficient (Wildman–Crippen LogP) is 4.57. The fraction of sp³-hybridized carbons (Fsp3) is 0.273. The fourth-order valence-electron chi connectivity index (χ4n) is 1.22. The van der Waals surface area contributed by atoms with Crippen molar-refractivity contribution in [1.82, 2.24) is 0 Å². The van der Waals surface area contributed by atoms with Crippen molar-refractivity contribution in [3.63, 3.8) is 0 Å². The van der Waals surface area contributed by atoms with Gasteiger partial charge in [-0.1, -0.05) is 23.8 Å². The van der Waals surface area contributed by atoms with Crippen LogP contribution in [-0.2, 0) is 6.18 Å². The van der Waals surface area contributed by atoms with Gasteiger partial charge in [-0.05, 0) is 18.2 Å². The Kier molecular flexibility index (Phi) is 5.15. The predicted molar refractivity (Wildman–Crippen MR) is 64.8 cm³/mol. The van der Waals surface area contributed by atoms with E-state index in [4.69, 9.17) is 23.2 Å². The molecule has 0 spiro atoms. The monoisotopic (exact) mass is 283 g/mol. The van der Waals surface area contributed by atoms with E-state index >= 15 is 0 Å². The van der Waals surface area contributed by atoms with Gasteiger partial charge in [-0.2, -0.15) is 13.2 Å². The third kappa shape index (κ3) is 4.48. The van der Waals surface area contributed by atoms with Gasteiger partial charge in [0.15, 0.2) is 0 Å². The number of hydrogen-bond acceptors (Lipinski definition) is 1. The summed E-state index contributed by atoms with van der Waals surface area (Å²) in [5.41, 5.74) is -0.773. The normalized spacial score (nSPS) is 12.1. The maximum absolute atomic E-state index is 12.7. The lowest BCUT2D eigenvalue weighted by molar-refractivity contribution is -0.136. The Morgan fingerprint density at radius 2 is 1.94 bits per heavy atom. The fourth-order valence-corrected chi connectivity index (χ4v) is 1.52. The van der Waals surface area contributed by atoms with Crippen LogP contribution in [0.2, 0.25) is 5.02 Å². The van der Waals surface area contributed by atoms with Crippen molar-refractivity contribution < 1.29 is 13.2 Å². The van der Waals surface area contributed by atoms with Crippen molar-refractivity contribution in [3.8, 4) is 0 Å². The third-order valence-electron chi connectivity index (χ3n) is 1.95. The zero-order chi connectivity index (χ0) is 12.9. The highest BCUT2D eigenvalue weighted by atomic mass is 35.5. The van der Waals surface area contributed by atoms with Crippen LogP contribution in [0.1, 0.15) is 5.56 Å². The maximum atomic E-state index is 12.7. The van der Waals surface area contributed by atoms with Gasteiger partial charge in [-0.3, -0.25) is 0 Å². The molecule has 1 rings (SSSR count). The minimum Gasteiger partial charge on any atom is -0.381 e. The highest BCUT2D eigenvalue weighted by Crippen LogP contribution is 2.36. The van der Waals surface area contributed by atoms with Crippen molar-refractivity contribution >= 4 is 28.9 Å². The van der Waals surface area contributed by atoms with Gasteiger partial charge < -0.3 is 5.32 Å². The largest absolute Gasteiger partial charge is 0.418 e. The second kappa shape index (κ2) is 6.17. The SMILES string of the molecule is FC(F)(F)c1cc(Cl)ccc1NC/C=C/CCl. The van der Waals surface area contributed by atoms with E-state index in [0.717, 1.165) is 6.07 Å². The Morgan fingerprint density at radius 1 is 1.24 bits per heavy atom. The Bertz CT molecular complexity index is 402. The van der Waals surface area contributed by atoms with Gasteiger partial charge in [0.25, 0.3) is 0 Å². The van der Waals surface area contributed by atoms with Crippen LogP contribution in [0.15, 0.2) is 30.4 Å². The molecule has 0 aromatic heterocycles. The highest BCUT2D eigenvalue weighted by Gasteiger charge is 2.33. The van der Waals surface area contributed by atoms with Crippen molar-refractivity contribution in [1.29, 1.82) is 0 Å². The van der Waals surface area contributed by atoms with E-state index in [2.05, 4.69) is 5.32 Å². The lowest BCUT2D eigenvalue weighted by Gasteiger charge is -2.13. The Labute approximate surface area is 107 Å². The molecule has 0 aliphatic rings. The van der Waals surface area contributed by atoms with E-state index in [1.807, 2.05) is 0 Å². The van der Waals surface area contributed by atoms with Crippen molar-refractivity contribution in [2.75, 3.05) is 17.7 Å². The lowest BCUT2D eigenvalue weighted by atomic mass is 10.1. The first kappa shape index (κ1) is 14.2. The minimum absolute atomic E-state index is 0.00104. The van der Waals surface area contributed by atoms with Crippen LogP contribution in [-0.4, -0.2) is 12.4 Å². The Balaban J connectivity index is 2.87. The Morgan fingerprint density at radius 3 is 2.53 bits per heavy atom. The van der Waals surface area contributed by atoms with E-state index in [9.17, 15) is 13.2 Å². The summed E-state index contributed by atoms with van der Waals surface area (Å²) in [5.74, 6) is 0.328. The molecule has 1 nitrogen and oxygen atoms in total. The summed E-state index contributed by atoms with van der Waals surface area (Å²) in [4.78, 5) is 0. The van der Waals surface area contributed by atoms with E-state index < -0.39 is 11.7 Å². The molecule has 94 valence electrons. The summed E-state index contributed by atoms with van der Waals surface area (Å²) < 4.78 is 38.0. The third-order valence-corrected chi connectivity index (χ3v) is 2.37. The smallest absolute Gasteiger partial charge is 0.381 e. The number of nitrogens with one attached hydrogen (secondary N) is 1. The summed E-state index contributed by atoms with van der Waals surface area (Å²) in [5, 5.41) is 2.71. The van der Waals surface area contributed by atoms with E-state index in [-0.39, 0.29) is 17.3 Å². The molecule has 0 saturated carbocycles. The zero-order valence-corrected chi connectivity index (χ0v) is 10.2. The zero-order valence-electron chi connectivity index (χ0n) is 8.69. The quantitative estimate of drug-likeness (QED) is 0.631. The van der Waals surface area contributed by atoms with Crippen molar-refractivity contribution in [2.45, 2.75) is 6.18 Å². The summed E-state index contributed by atoms with van der Waals surface area (Å²) in [6, 6.07) is 3.61. The molecule has 0 bridgehead atoms. The van der Waals surface area contributed by atoms with Crippen LogP contribution in [0.3, 0.4) is 0 Å². The second-order valence-corrected chi connectivity index (χ2v) is 3.94. The molecule has 1 aromatic carbocycles. The topological polar surface area (TPSA) is 12.0 Å². The molecule has 0 aliphatic carbocycles. The van der Waals surface area contributed by atoms with Gasteiger partial charge in [0.1, 0.15) is 0 Å². The molecule has 1 aromatic rings. The number of alkyl halides is 4. The second-order valence-electron chi connectivity index (χ2n) is 3.19. The number of allylic oxidation sites excluding steroid dienone is 1. The number of hydrogen-bond donors (Lipinski definition) is 1. The van der Waals surface area contributed by atoms with Gasteiger partial charge in [0.2, 0.25) is 0 Å². The average molecular weight is 284 g/mol. The number of halogens is 5. The van der Waals surface area contributed by atoms with Crippen molar-refractivity contribution in [3.05, 3.63) is 40.9 Å². The first-order chi connectivity index (χ1) is 7.95. The number of rotatable bonds is 4. The molecule has 0 saturated heterocycles. The van der Waals surface area contributed by atoms with Gasteiger partial charge in [-0.15, -0.1) is 11.6 Å². The van der Waals surface area contributed by atoms with Gasteiger partial charge in [-0.25, -0.2) is 0 Å². The molecule has 0 heterocycles. The minimum atomic E-state index is -4.43.